The monoisotopic (exact) mass is 558 g/mol. The summed E-state index contributed by atoms with van der Waals surface area (Å²) in [7, 11) is 0. The van der Waals surface area contributed by atoms with Crippen LogP contribution in [0.2, 0.25) is 0 Å². The van der Waals surface area contributed by atoms with Crippen molar-refractivity contribution in [2.45, 2.75) is 70.3 Å². The molecular weight excluding hydrogens is 531 g/mol. The second kappa shape index (κ2) is 12.7. The number of halogens is 9. The minimum absolute atomic E-state index is 0.0338. The standard InChI is InChI=1S/C21H19F9N2.C4H8O2/c1-2-15-9-18(16-8-12(19(22,23)24)3-4-17(16)32-15)31-10-11-5-13(20(25,26)27)7-14(6-11)21(28,29)30;1-2-3-6-4-5/h3-8,15,18,31-32H,2,9-10H2,1H3;4H,2-3H2,1H3/t15-,18+;/m1./s1. The van der Waals surface area contributed by atoms with E-state index in [1.165, 1.54) is 6.07 Å². The van der Waals surface area contributed by atoms with Crippen molar-refractivity contribution in [1.29, 1.82) is 0 Å². The van der Waals surface area contributed by atoms with Gasteiger partial charge in [0.2, 0.25) is 0 Å². The Morgan fingerprint density at radius 3 is 1.92 bits per heavy atom. The maximum absolute atomic E-state index is 13.1. The van der Waals surface area contributed by atoms with E-state index in [0.29, 0.717) is 43.7 Å². The van der Waals surface area contributed by atoms with Gasteiger partial charge in [0.25, 0.3) is 6.47 Å². The Labute approximate surface area is 213 Å². The van der Waals surface area contributed by atoms with Gasteiger partial charge >= 0.3 is 18.5 Å². The Balaban J connectivity index is 0.000000757. The van der Waals surface area contributed by atoms with Gasteiger partial charge in [-0.15, -0.1) is 0 Å². The van der Waals surface area contributed by atoms with Crippen molar-refractivity contribution >= 4 is 12.2 Å². The van der Waals surface area contributed by atoms with Gasteiger partial charge in [0, 0.05) is 24.3 Å². The highest BCUT2D eigenvalue weighted by Gasteiger charge is 2.37. The van der Waals surface area contributed by atoms with Gasteiger partial charge in [-0.2, -0.15) is 39.5 Å². The van der Waals surface area contributed by atoms with Gasteiger partial charge in [-0.25, -0.2) is 0 Å². The Hall–Kier alpha value is -2.96. The van der Waals surface area contributed by atoms with Gasteiger partial charge in [0.1, 0.15) is 0 Å². The zero-order valence-corrected chi connectivity index (χ0v) is 20.4. The van der Waals surface area contributed by atoms with E-state index in [4.69, 9.17) is 0 Å². The van der Waals surface area contributed by atoms with Crippen LogP contribution in [0.25, 0.3) is 0 Å². The van der Waals surface area contributed by atoms with Gasteiger partial charge < -0.3 is 15.4 Å². The topological polar surface area (TPSA) is 50.4 Å². The fourth-order valence-electron chi connectivity index (χ4n) is 3.84. The van der Waals surface area contributed by atoms with Crippen LogP contribution in [-0.2, 0) is 34.6 Å². The van der Waals surface area contributed by atoms with Gasteiger partial charge in [0.05, 0.1) is 23.3 Å². The van der Waals surface area contributed by atoms with E-state index in [1.54, 1.807) is 0 Å². The van der Waals surface area contributed by atoms with Gasteiger partial charge in [-0.05, 0) is 66.8 Å². The van der Waals surface area contributed by atoms with E-state index in [-0.39, 0.29) is 29.8 Å². The first kappa shape index (κ1) is 31.3. The quantitative estimate of drug-likeness (QED) is 0.207. The first-order valence-electron chi connectivity index (χ1n) is 11.6. The molecule has 0 fully saturated rings. The van der Waals surface area contributed by atoms with Crippen molar-refractivity contribution in [2.75, 3.05) is 11.9 Å². The predicted octanol–water partition coefficient (Wildman–Crippen LogP) is 7.74. The molecule has 0 unspecified atom stereocenters. The number of benzene rings is 2. The lowest BCUT2D eigenvalue weighted by Crippen LogP contribution is -2.34. The molecule has 0 radical (unpaired) electrons. The molecule has 0 bridgehead atoms. The van der Waals surface area contributed by atoms with E-state index in [1.807, 2.05) is 13.8 Å². The first-order valence-corrected chi connectivity index (χ1v) is 11.6. The largest absolute Gasteiger partial charge is 0.468 e. The normalized spacial score (nSPS) is 17.6. The zero-order valence-electron chi connectivity index (χ0n) is 20.4. The summed E-state index contributed by atoms with van der Waals surface area (Å²) in [6, 6.07) is 3.57. The summed E-state index contributed by atoms with van der Waals surface area (Å²) in [5, 5.41) is 5.96. The Morgan fingerprint density at radius 1 is 0.895 bits per heavy atom. The van der Waals surface area contributed by atoms with E-state index < -0.39 is 41.3 Å². The second-order valence-electron chi connectivity index (χ2n) is 8.60. The SMILES string of the molecule is CCCOC=O.CC[C@@H]1C[C@H](NCc2cc(C(F)(F)F)cc(C(F)(F)F)c2)c2cc(C(F)(F)F)ccc2N1. The number of fused-ring (bicyclic) bond motifs is 1. The molecule has 0 saturated heterocycles. The fraction of sp³-hybridized carbons (Fsp3) is 0.480. The Kier molecular flexibility index (Phi) is 10.5. The van der Waals surface area contributed by atoms with Crippen LogP contribution >= 0.6 is 0 Å². The zero-order chi connectivity index (χ0) is 28.7. The number of hydrogen-bond acceptors (Lipinski definition) is 4. The van der Waals surface area contributed by atoms with Crippen molar-refractivity contribution < 1.29 is 49.0 Å². The van der Waals surface area contributed by atoms with Gasteiger partial charge in [-0.3, -0.25) is 4.79 Å². The highest BCUT2D eigenvalue weighted by Crippen LogP contribution is 2.39. The van der Waals surface area contributed by atoms with Crippen LogP contribution in [0.5, 0.6) is 0 Å². The average Bonchev–Trinajstić information content (AvgIpc) is 2.84. The molecule has 0 aromatic heterocycles. The smallest absolute Gasteiger partial charge is 0.416 e. The first-order chi connectivity index (χ1) is 17.6. The lowest BCUT2D eigenvalue weighted by atomic mass is 9.90. The van der Waals surface area contributed by atoms with E-state index in [2.05, 4.69) is 15.4 Å². The summed E-state index contributed by atoms with van der Waals surface area (Å²) in [5.41, 5.74) is -3.35. The van der Waals surface area contributed by atoms with Crippen LogP contribution in [0, 0.1) is 0 Å². The second-order valence-corrected chi connectivity index (χ2v) is 8.60. The number of ether oxygens (including phenoxy) is 1. The van der Waals surface area contributed by atoms with E-state index in [9.17, 15) is 44.3 Å². The predicted molar refractivity (Wildman–Crippen MR) is 122 cm³/mol. The van der Waals surface area contributed by atoms with Crippen molar-refractivity contribution in [1.82, 2.24) is 5.32 Å². The molecule has 1 aliphatic heterocycles. The van der Waals surface area contributed by atoms with Crippen LogP contribution in [0.15, 0.2) is 36.4 Å². The molecule has 212 valence electrons. The molecule has 2 aromatic rings. The third-order valence-electron chi connectivity index (χ3n) is 5.72. The number of anilines is 1. The number of nitrogens with one attached hydrogen (secondary N) is 2. The molecule has 1 heterocycles. The third-order valence-corrected chi connectivity index (χ3v) is 5.72. The summed E-state index contributed by atoms with van der Waals surface area (Å²) in [5.74, 6) is 0. The average molecular weight is 558 g/mol. The van der Waals surface area contributed by atoms with Crippen LogP contribution in [0.1, 0.15) is 67.0 Å². The molecule has 0 aliphatic carbocycles. The van der Waals surface area contributed by atoms with E-state index in [0.717, 1.165) is 18.6 Å². The molecule has 3 rings (SSSR count). The maximum atomic E-state index is 13.1. The summed E-state index contributed by atoms with van der Waals surface area (Å²) in [6.07, 6.45) is -12.7. The van der Waals surface area contributed by atoms with Gasteiger partial charge in [0.15, 0.2) is 0 Å². The Morgan fingerprint density at radius 2 is 1.47 bits per heavy atom. The van der Waals surface area contributed by atoms with Crippen LogP contribution in [0.4, 0.5) is 45.2 Å². The molecule has 2 atom stereocenters. The summed E-state index contributed by atoms with van der Waals surface area (Å²) < 4.78 is 122. The molecule has 1 aliphatic rings. The van der Waals surface area contributed by atoms with Crippen molar-refractivity contribution in [2.24, 2.45) is 0 Å². The number of rotatable bonds is 7. The minimum Gasteiger partial charge on any atom is -0.468 e. The van der Waals surface area contributed by atoms with E-state index >= 15 is 0 Å². The highest BCUT2D eigenvalue weighted by molar-refractivity contribution is 5.57. The van der Waals surface area contributed by atoms with Crippen LogP contribution in [-0.4, -0.2) is 19.1 Å². The lowest BCUT2D eigenvalue weighted by molar-refractivity contribution is -0.143. The number of hydrogen-bond donors (Lipinski definition) is 2. The molecule has 2 N–H and O–H groups in total. The molecule has 4 nitrogen and oxygen atoms in total. The highest BCUT2D eigenvalue weighted by atomic mass is 19.4. The minimum atomic E-state index is -4.98. The van der Waals surface area contributed by atoms with Crippen molar-refractivity contribution in [3.8, 4) is 0 Å². The molecule has 2 aromatic carbocycles. The van der Waals surface area contributed by atoms with Gasteiger partial charge in [-0.1, -0.05) is 13.8 Å². The molecule has 0 amide bonds. The molecule has 0 spiro atoms. The summed E-state index contributed by atoms with van der Waals surface area (Å²) in [4.78, 5) is 9.34. The van der Waals surface area contributed by atoms with Crippen molar-refractivity contribution in [3.05, 3.63) is 64.2 Å². The number of carbonyl (C=O) groups is 1. The Bertz CT molecular complexity index is 1030. The number of alkyl halides is 9. The summed E-state index contributed by atoms with van der Waals surface area (Å²) in [6.45, 7) is 4.42. The molecule has 13 heteroatoms. The molecule has 38 heavy (non-hydrogen) atoms. The maximum Gasteiger partial charge on any atom is 0.416 e. The van der Waals surface area contributed by atoms with Crippen LogP contribution in [0.3, 0.4) is 0 Å². The third kappa shape index (κ3) is 8.81. The fourth-order valence-corrected chi connectivity index (χ4v) is 3.84. The number of carbonyl (C=O) groups excluding carboxylic acids is 1. The molecular formula is C25H27F9N2O2. The van der Waals surface area contributed by atoms with Crippen molar-refractivity contribution in [3.63, 3.8) is 0 Å². The van der Waals surface area contributed by atoms with Crippen LogP contribution < -0.4 is 10.6 Å². The summed E-state index contributed by atoms with van der Waals surface area (Å²) >= 11 is 0. The molecule has 0 saturated carbocycles. The lowest BCUT2D eigenvalue weighted by Gasteiger charge is -2.34.